The Bertz CT molecular complexity index is 620. The monoisotopic (exact) mass is 318 g/mol. The van der Waals surface area contributed by atoms with Crippen molar-refractivity contribution in [2.75, 3.05) is 5.01 Å². The summed E-state index contributed by atoms with van der Waals surface area (Å²) < 4.78 is 0. The average molecular weight is 318 g/mol. The lowest BCUT2D eigenvalue weighted by atomic mass is 9.53. The first-order valence-electron chi connectivity index (χ1n) is 9.48. The third-order valence-electron chi connectivity index (χ3n) is 6.42. The number of hydrazine groups is 1. The summed E-state index contributed by atoms with van der Waals surface area (Å²) in [6.45, 7) is 0. The van der Waals surface area contributed by atoms with Crippen LogP contribution in [0.4, 0.5) is 11.4 Å². The van der Waals surface area contributed by atoms with Crippen LogP contribution in [0, 0.1) is 17.8 Å². The highest BCUT2D eigenvalue weighted by Gasteiger charge is 2.51. The Labute approximate surface area is 144 Å². The van der Waals surface area contributed by atoms with Gasteiger partial charge in [-0.05, 0) is 80.5 Å². The minimum absolute atomic E-state index is 0.306. The van der Waals surface area contributed by atoms with E-state index in [4.69, 9.17) is 0 Å². The van der Waals surface area contributed by atoms with Crippen molar-refractivity contribution in [3.05, 3.63) is 60.7 Å². The van der Waals surface area contributed by atoms with Crippen molar-refractivity contribution < 1.29 is 0 Å². The Morgan fingerprint density at radius 2 is 1.08 bits per heavy atom. The van der Waals surface area contributed by atoms with E-state index < -0.39 is 0 Å². The molecule has 4 aliphatic carbocycles. The molecule has 0 amide bonds. The molecule has 24 heavy (non-hydrogen) atoms. The summed E-state index contributed by atoms with van der Waals surface area (Å²) in [5.74, 6) is 2.87. The predicted octanol–water partition coefficient (Wildman–Crippen LogP) is 5.30. The molecule has 0 unspecified atom stereocenters. The summed E-state index contributed by atoms with van der Waals surface area (Å²) in [7, 11) is 0. The van der Waals surface area contributed by atoms with E-state index in [9.17, 15) is 0 Å². The average Bonchev–Trinajstić information content (AvgIpc) is 2.60. The minimum atomic E-state index is 0.306. The fourth-order valence-corrected chi connectivity index (χ4v) is 5.92. The Morgan fingerprint density at radius 1 is 0.667 bits per heavy atom. The van der Waals surface area contributed by atoms with Gasteiger partial charge in [-0.25, -0.2) is 5.43 Å². The molecule has 0 spiro atoms. The molecule has 2 heteroatoms. The lowest BCUT2D eigenvalue weighted by Gasteiger charge is -2.58. The molecule has 0 aromatic heterocycles. The van der Waals surface area contributed by atoms with Crippen molar-refractivity contribution in [1.82, 2.24) is 5.43 Å². The molecule has 6 rings (SSSR count). The molecule has 0 aliphatic heterocycles. The number of para-hydroxylation sites is 2. The number of anilines is 2. The maximum Gasteiger partial charge on any atom is 0.0577 e. The van der Waals surface area contributed by atoms with Gasteiger partial charge in [0.05, 0.1) is 11.4 Å². The van der Waals surface area contributed by atoms with Crippen LogP contribution >= 0.6 is 0 Å². The molecule has 0 heterocycles. The molecule has 1 N–H and O–H groups in total. The minimum Gasteiger partial charge on any atom is -0.277 e. The Morgan fingerprint density at radius 3 is 1.50 bits per heavy atom. The normalized spacial score (nSPS) is 33.6. The van der Waals surface area contributed by atoms with Gasteiger partial charge in [0, 0.05) is 5.54 Å². The number of nitrogens with zero attached hydrogens (tertiary/aromatic N) is 1. The van der Waals surface area contributed by atoms with Crippen LogP contribution in [0.2, 0.25) is 0 Å². The van der Waals surface area contributed by atoms with E-state index in [0.717, 1.165) is 17.8 Å². The van der Waals surface area contributed by atoms with Gasteiger partial charge in [-0.1, -0.05) is 36.4 Å². The second-order valence-electron chi connectivity index (χ2n) is 8.32. The van der Waals surface area contributed by atoms with Gasteiger partial charge in [0.2, 0.25) is 0 Å². The topological polar surface area (TPSA) is 15.3 Å². The van der Waals surface area contributed by atoms with Gasteiger partial charge >= 0.3 is 0 Å². The zero-order valence-electron chi connectivity index (χ0n) is 14.2. The van der Waals surface area contributed by atoms with Gasteiger partial charge in [-0.3, -0.25) is 5.01 Å². The molecule has 4 saturated carbocycles. The third-order valence-corrected chi connectivity index (χ3v) is 6.42. The zero-order valence-corrected chi connectivity index (χ0v) is 14.2. The molecular weight excluding hydrogens is 292 g/mol. The van der Waals surface area contributed by atoms with Crippen molar-refractivity contribution >= 4 is 11.4 Å². The van der Waals surface area contributed by atoms with Crippen molar-refractivity contribution in [2.45, 2.75) is 44.1 Å². The second kappa shape index (κ2) is 5.63. The zero-order chi connectivity index (χ0) is 16.0. The summed E-state index contributed by atoms with van der Waals surface area (Å²) in [5.41, 5.74) is 6.80. The van der Waals surface area contributed by atoms with Crippen LogP contribution in [0.15, 0.2) is 60.7 Å². The van der Waals surface area contributed by atoms with Crippen LogP contribution in [0.3, 0.4) is 0 Å². The molecule has 124 valence electrons. The summed E-state index contributed by atoms with van der Waals surface area (Å²) in [5, 5.41) is 2.34. The van der Waals surface area contributed by atoms with Gasteiger partial charge in [-0.2, -0.15) is 0 Å². The molecule has 2 nitrogen and oxygen atoms in total. The van der Waals surface area contributed by atoms with Crippen molar-refractivity contribution in [3.63, 3.8) is 0 Å². The fraction of sp³-hybridized carbons (Fsp3) is 0.455. The third kappa shape index (κ3) is 2.53. The van der Waals surface area contributed by atoms with E-state index in [0.29, 0.717) is 5.54 Å². The summed E-state index contributed by atoms with van der Waals surface area (Å²) in [6.07, 6.45) is 8.52. The molecule has 0 saturated heterocycles. The maximum atomic E-state index is 4.03. The van der Waals surface area contributed by atoms with Crippen molar-refractivity contribution in [3.8, 4) is 0 Å². The number of hydrogen-bond acceptors (Lipinski definition) is 2. The molecule has 4 bridgehead atoms. The largest absolute Gasteiger partial charge is 0.277 e. The van der Waals surface area contributed by atoms with E-state index in [2.05, 4.69) is 71.1 Å². The van der Waals surface area contributed by atoms with E-state index in [1.807, 2.05) is 0 Å². The fourth-order valence-electron chi connectivity index (χ4n) is 5.92. The molecule has 4 fully saturated rings. The van der Waals surface area contributed by atoms with Crippen LogP contribution in [0.1, 0.15) is 38.5 Å². The maximum absolute atomic E-state index is 4.03. The molecular formula is C22H26N2. The van der Waals surface area contributed by atoms with E-state index >= 15 is 0 Å². The first-order valence-corrected chi connectivity index (χ1v) is 9.48. The number of benzene rings is 2. The molecule has 2 aromatic rings. The SMILES string of the molecule is c1ccc(N(NC23CC4CC(CC(C4)C2)C3)c2ccccc2)cc1. The van der Waals surface area contributed by atoms with Gasteiger partial charge in [0.25, 0.3) is 0 Å². The Kier molecular flexibility index (Phi) is 3.41. The Balaban J connectivity index is 1.49. The van der Waals surface area contributed by atoms with Crippen LogP contribution in [-0.2, 0) is 0 Å². The quantitative estimate of drug-likeness (QED) is 0.770. The lowest BCUT2D eigenvalue weighted by molar-refractivity contribution is -0.0194. The highest BCUT2D eigenvalue weighted by Crippen LogP contribution is 2.56. The molecule has 4 aliphatic rings. The molecule has 0 atom stereocenters. The Hall–Kier alpha value is -1.80. The van der Waals surface area contributed by atoms with E-state index in [1.54, 1.807) is 0 Å². The smallest absolute Gasteiger partial charge is 0.0577 e. The van der Waals surface area contributed by atoms with Gasteiger partial charge in [0.15, 0.2) is 0 Å². The van der Waals surface area contributed by atoms with Crippen LogP contribution in [-0.4, -0.2) is 5.54 Å². The molecule has 0 radical (unpaired) electrons. The van der Waals surface area contributed by atoms with E-state index in [-0.39, 0.29) is 0 Å². The van der Waals surface area contributed by atoms with Crippen LogP contribution in [0.5, 0.6) is 0 Å². The van der Waals surface area contributed by atoms with Crippen LogP contribution in [0.25, 0.3) is 0 Å². The van der Waals surface area contributed by atoms with Gasteiger partial charge < -0.3 is 0 Å². The van der Waals surface area contributed by atoms with Crippen LogP contribution < -0.4 is 10.4 Å². The molecule has 2 aromatic carbocycles. The van der Waals surface area contributed by atoms with E-state index in [1.165, 1.54) is 49.9 Å². The van der Waals surface area contributed by atoms with Crippen molar-refractivity contribution in [1.29, 1.82) is 0 Å². The summed E-state index contributed by atoms with van der Waals surface area (Å²) >= 11 is 0. The number of nitrogens with one attached hydrogen (secondary N) is 1. The number of rotatable bonds is 4. The standard InChI is InChI=1S/C22H26N2/c1-3-7-20(8-4-1)24(21-9-5-2-6-10-21)23-22-14-17-11-18(15-22)13-19(12-17)16-22/h1-10,17-19,23H,11-16H2. The van der Waals surface area contributed by atoms with Gasteiger partial charge in [-0.15, -0.1) is 0 Å². The highest BCUT2D eigenvalue weighted by molar-refractivity contribution is 5.61. The van der Waals surface area contributed by atoms with Crippen molar-refractivity contribution in [2.24, 2.45) is 17.8 Å². The first kappa shape index (κ1) is 14.5. The lowest BCUT2D eigenvalue weighted by Crippen LogP contribution is -2.62. The van der Waals surface area contributed by atoms with Gasteiger partial charge in [0.1, 0.15) is 0 Å². The summed E-state index contributed by atoms with van der Waals surface area (Å²) in [4.78, 5) is 0. The number of hydrogen-bond donors (Lipinski definition) is 1. The highest BCUT2D eigenvalue weighted by atomic mass is 15.5. The predicted molar refractivity (Wildman–Crippen MR) is 99.1 cm³/mol. The summed E-state index contributed by atoms with van der Waals surface area (Å²) in [6, 6.07) is 21.6. The second-order valence-corrected chi connectivity index (χ2v) is 8.32. The first-order chi connectivity index (χ1) is 11.8.